The van der Waals surface area contributed by atoms with Crippen molar-refractivity contribution in [2.75, 3.05) is 0 Å². The van der Waals surface area contributed by atoms with E-state index in [1.807, 2.05) is 25.1 Å². The number of pyridine rings is 1. The van der Waals surface area contributed by atoms with Crippen LogP contribution in [0.2, 0.25) is 0 Å². The van der Waals surface area contributed by atoms with Crippen molar-refractivity contribution >= 4 is 5.97 Å². The van der Waals surface area contributed by atoms with Crippen molar-refractivity contribution in [2.45, 2.75) is 6.92 Å². The summed E-state index contributed by atoms with van der Waals surface area (Å²) in [5.41, 5.74) is 1.33. The number of hydrogen-bond donors (Lipinski definition) is 2. The summed E-state index contributed by atoms with van der Waals surface area (Å²) in [5.74, 6) is -1.22. The second kappa shape index (κ2) is 4.25. The molecule has 1 aromatic carbocycles. The number of carboxylic acids is 1. The van der Waals surface area contributed by atoms with Gasteiger partial charge >= 0.3 is 5.97 Å². The van der Waals surface area contributed by atoms with Crippen molar-refractivity contribution in [3.05, 3.63) is 58.0 Å². The summed E-state index contributed by atoms with van der Waals surface area (Å²) >= 11 is 0. The van der Waals surface area contributed by atoms with E-state index in [1.165, 1.54) is 6.20 Å². The maximum absolute atomic E-state index is 11.5. The Morgan fingerprint density at radius 1 is 1.18 bits per heavy atom. The normalized spacial score (nSPS) is 10.2. The van der Waals surface area contributed by atoms with Crippen molar-refractivity contribution in [1.29, 1.82) is 0 Å². The number of hydrogen-bond acceptors (Lipinski definition) is 2. The summed E-state index contributed by atoms with van der Waals surface area (Å²) in [7, 11) is 0. The van der Waals surface area contributed by atoms with E-state index in [0.717, 1.165) is 11.1 Å². The zero-order valence-electron chi connectivity index (χ0n) is 9.23. The monoisotopic (exact) mass is 229 g/mol. The summed E-state index contributed by atoms with van der Waals surface area (Å²) in [6, 6.07) is 8.97. The maximum atomic E-state index is 11.5. The van der Waals surface area contributed by atoms with Gasteiger partial charge in [-0.15, -0.1) is 0 Å². The molecule has 86 valence electrons. The molecule has 0 aliphatic carbocycles. The number of aryl methyl sites for hydroxylation is 1. The number of aromatic carboxylic acids is 1. The number of H-pyrrole nitrogens is 1. The zero-order valence-corrected chi connectivity index (χ0v) is 9.23. The third-order valence-corrected chi connectivity index (χ3v) is 2.61. The maximum Gasteiger partial charge on any atom is 0.341 e. The van der Waals surface area contributed by atoms with E-state index < -0.39 is 11.5 Å². The number of carbonyl (C=O) groups is 1. The largest absolute Gasteiger partial charge is 0.477 e. The van der Waals surface area contributed by atoms with Gasteiger partial charge < -0.3 is 10.1 Å². The van der Waals surface area contributed by atoms with Crippen LogP contribution in [0.4, 0.5) is 0 Å². The number of aromatic amines is 1. The van der Waals surface area contributed by atoms with Gasteiger partial charge in [-0.05, 0) is 24.1 Å². The molecule has 0 saturated carbocycles. The molecule has 0 aliphatic rings. The lowest BCUT2D eigenvalue weighted by Gasteiger charge is -2.07. The molecule has 0 bridgehead atoms. The molecule has 0 spiro atoms. The number of nitrogens with one attached hydrogen (secondary N) is 1. The Kier molecular flexibility index (Phi) is 2.78. The number of rotatable bonds is 2. The Morgan fingerprint density at radius 2 is 1.88 bits per heavy atom. The molecule has 17 heavy (non-hydrogen) atoms. The standard InChI is InChI=1S/C13H11NO3/c1-8-4-2-3-5-9(8)10-6-7-14-12(15)11(10)13(16)17/h2-7H,1H3,(H,14,15)(H,16,17). The van der Waals surface area contributed by atoms with Gasteiger partial charge in [0.1, 0.15) is 5.56 Å². The van der Waals surface area contributed by atoms with Crippen LogP contribution in [0.3, 0.4) is 0 Å². The van der Waals surface area contributed by atoms with Crippen molar-refractivity contribution in [2.24, 2.45) is 0 Å². The van der Waals surface area contributed by atoms with Crippen LogP contribution >= 0.6 is 0 Å². The van der Waals surface area contributed by atoms with Gasteiger partial charge in [-0.25, -0.2) is 4.79 Å². The molecule has 0 amide bonds. The second-order valence-corrected chi connectivity index (χ2v) is 3.72. The molecule has 1 heterocycles. The first-order chi connectivity index (χ1) is 8.11. The van der Waals surface area contributed by atoms with E-state index in [4.69, 9.17) is 5.11 Å². The predicted molar refractivity (Wildman–Crippen MR) is 64.2 cm³/mol. The lowest BCUT2D eigenvalue weighted by molar-refractivity contribution is 0.0696. The smallest absolute Gasteiger partial charge is 0.341 e. The third-order valence-electron chi connectivity index (χ3n) is 2.61. The van der Waals surface area contributed by atoms with E-state index >= 15 is 0 Å². The summed E-state index contributed by atoms with van der Waals surface area (Å²) in [4.78, 5) is 25.0. The van der Waals surface area contributed by atoms with Crippen molar-refractivity contribution < 1.29 is 9.90 Å². The van der Waals surface area contributed by atoms with E-state index in [0.29, 0.717) is 5.56 Å². The predicted octanol–water partition coefficient (Wildman–Crippen LogP) is 2.05. The lowest BCUT2D eigenvalue weighted by atomic mass is 9.97. The van der Waals surface area contributed by atoms with Gasteiger partial charge in [-0.3, -0.25) is 4.79 Å². The van der Waals surface area contributed by atoms with E-state index in [9.17, 15) is 9.59 Å². The first-order valence-corrected chi connectivity index (χ1v) is 5.12. The number of carboxylic acid groups (broad SMARTS) is 1. The lowest BCUT2D eigenvalue weighted by Crippen LogP contribution is -2.18. The van der Waals surface area contributed by atoms with Crippen LogP contribution in [0, 0.1) is 6.92 Å². The Labute approximate surface area is 97.6 Å². The SMILES string of the molecule is Cc1ccccc1-c1cc[nH]c(=O)c1C(=O)O. The van der Waals surface area contributed by atoms with Crippen LogP contribution < -0.4 is 5.56 Å². The van der Waals surface area contributed by atoms with Crippen LogP contribution in [-0.4, -0.2) is 16.1 Å². The fourth-order valence-corrected chi connectivity index (χ4v) is 1.79. The molecule has 1 aromatic heterocycles. The van der Waals surface area contributed by atoms with Gasteiger partial charge in [-0.2, -0.15) is 0 Å². The molecule has 0 unspecified atom stereocenters. The van der Waals surface area contributed by atoms with Gasteiger partial charge in [0, 0.05) is 11.8 Å². The molecule has 2 rings (SSSR count). The van der Waals surface area contributed by atoms with Crippen LogP contribution in [-0.2, 0) is 0 Å². The minimum Gasteiger partial charge on any atom is -0.477 e. The van der Waals surface area contributed by atoms with Gasteiger partial charge in [-0.1, -0.05) is 24.3 Å². The van der Waals surface area contributed by atoms with Gasteiger partial charge in [0.15, 0.2) is 0 Å². The third kappa shape index (κ3) is 1.97. The van der Waals surface area contributed by atoms with Gasteiger partial charge in [0.2, 0.25) is 0 Å². The average Bonchev–Trinajstić information content (AvgIpc) is 2.28. The fraction of sp³-hybridized carbons (Fsp3) is 0.0769. The van der Waals surface area contributed by atoms with Gasteiger partial charge in [0.25, 0.3) is 5.56 Å². The number of benzene rings is 1. The summed E-state index contributed by atoms with van der Waals surface area (Å²) < 4.78 is 0. The first-order valence-electron chi connectivity index (χ1n) is 5.12. The molecule has 0 fully saturated rings. The molecule has 2 N–H and O–H groups in total. The molecule has 0 aliphatic heterocycles. The van der Waals surface area contributed by atoms with Gasteiger partial charge in [0.05, 0.1) is 0 Å². The van der Waals surface area contributed by atoms with Crippen molar-refractivity contribution in [3.63, 3.8) is 0 Å². The highest BCUT2D eigenvalue weighted by Gasteiger charge is 2.16. The molecule has 4 heteroatoms. The van der Waals surface area contributed by atoms with Crippen LogP contribution in [0.25, 0.3) is 11.1 Å². The zero-order chi connectivity index (χ0) is 12.4. The van der Waals surface area contributed by atoms with E-state index in [-0.39, 0.29) is 5.56 Å². The second-order valence-electron chi connectivity index (χ2n) is 3.72. The van der Waals surface area contributed by atoms with Crippen LogP contribution in [0.15, 0.2) is 41.3 Å². The summed E-state index contributed by atoms with van der Waals surface area (Å²) in [6.07, 6.45) is 1.45. The van der Waals surface area contributed by atoms with Crippen LogP contribution in [0.1, 0.15) is 15.9 Å². The Balaban J connectivity index is 2.77. The first kappa shape index (κ1) is 11.1. The Bertz CT molecular complexity index is 629. The Hall–Kier alpha value is -2.36. The fourth-order valence-electron chi connectivity index (χ4n) is 1.79. The number of aromatic nitrogens is 1. The highest BCUT2D eigenvalue weighted by atomic mass is 16.4. The topological polar surface area (TPSA) is 70.2 Å². The highest BCUT2D eigenvalue weighted by molar-refractivity contribution is 5.95. The molecule has 0 radical (unpaired) electrons. The average molecular weight is 229 g/mol. The Morgan fingerprint density at radius 3 is 2.53 bits per heavy atom. The molecular formula is C13H11NO3. The summed E-state index contributed by atoms with van der Waals surface area (Å²) in [5, 5.41) is 9.08. The minimum absolute atomic E-state index is 0.221. The van der Waals surface area contributed by atoms with Crippen LogP contribution in [0.5, 0.6) is 0 Å². The minimum atomic E-state index is -1.22. The molecule has 4 nitrogen and oxygen atoms in total. The molecule has 2 aromatic rings. The van der Waals surface area contributed by atoms with E-state index in [2.05, 4.69) is 4.98 Å². The highest BCUT2D eigenvalue weighted by Crippen LogP contribution is 2.24. The van der Waals surface area contributed by atoms with Crippen molar-refractivity contribution in [1.82, 2.24) is 4.98 Å². The van der Waals surface area contributed by atoms with Crippen molar-refractivity contribution in [3.8, 4) is 11.1 Å². The van der Waals surface area contributed by atoms with E-state index in [1.54, 1.807) is 12.1 Å². The molecular weight excluding hydrogens is 218 g/mol. The quantitative estimate of drug-likeness (QED) is 0.827. The molecule has 0 saturated heterocycles. The summed E-state index contributed by atoms with van der Waals surface area (Å²) in [6.45, 7) is 1.88. The molecule has 0 atom stereocenters.